The summed E-state index contributed by atoms with van der Waals surface area (Å²) in [6.07, 6.45) is 1.43. The van der Waals surface area contributed by atoms with Gasteiger partial charge in [0.25, 0.3) is 5.91 Å². The fourth-order valence-electron chi connectivity index (χ4n) is 3.47. The average molecular weight is 359 g/mol. The van der Waals surface area contributed by atoms with Gasteiger partial charge in [-0.25, -0.2) is 0 Å². The molecular weight excluding hydrogens is 330 g/mol. The SMILES string of the molecule is CCN(CC)C(=O)[C@@H](NC(=O)c1ccccc1)C1CCN(C(C)=O)CC1. The van der Waals surface area contributed by atoms with Crippen molar-refractivity contribution in [1.82, 2.24) is 15.1 Å². The number of likely N-dealkylation sites (N-methyl/N-ethyl adjacent to an activating group) is 1. The highest BCUT2D eigenvalue weighted by atomic mass is 16.2. The van der Waals surface area contributed by atoms with Crippen molar-refractivity contribution in [1.29, 1.82) is 0 Å². The Kier molecular flexibility index (Phi) is 7.18. The second-order valence-corrected chi connectivity index (χ2v) is 6.67. The number of hydrogen-bond donors (Lipinski definition) is 1. The molecule has 1 aromatic carbocycles. The first kappa shape index (κ1) is 19.9. The molecule has 1 aliphatic rings. The van der Waals surface area contributed by atoms with Gasteiger partial charge in [0.2, 0.25) is 11.8 Å². The normalized spacial score (nSPS) is 16.0. The van der Waals surface area contributed by atoms with Gasteiger partial charge in [0.15, 0.2) is 0 Å². The lowest BCUT2D eigenvalue weighted by Gasteiger charge is -2.37. The molecule has 1 atom stereocenters. The van der Waals surface area contributed by atoms with E-state index in [9.17, 15) is 14.4 Å². The highest BCUT2D eigenvalue weighted by molar-refractivity contribution is 5.97. The molecule has 6 nitrogen and oxygen atoms in total. The molecule has 0 aromatic heterocycles. The van der Waals surface area contributed by atoms with Crippen LogP contribution in [-0.4, -0.2) is 59.7 Å². The number of amides is 3. The fourth-order valence-corrected chi connectivity index (χ4v) is 3.47. The number of carbonyl (C=O) groups excluding carboxylic acids is 3. The van der Waals surface area contributed by atoms with E-state index in [0.717, 1.165) is 0 Å². The predicted molar refractivity (Wildman–Crippen MR) is 101 cm³/mol. The minimum atomic E-state index is -0.559. The van der Waals surface area contributed by atoms with Crippen LogP contribution in [0.25, 0.3) is 0 Å². The molecule has 1 N–H and O–H groups in total. The van der Waals surface area contributed by atoms with Gasteiger partial charge < -0.3 is 15.1 Å². The van der Waals surface area contributed by atoms with Gasteiger partial charge in [-0.05, 0) is 44.7 Å². The highest BCUT2D eigenvalue weighted by Crippen LogP contribution is 2.23. The number of benzene rings is 1. The van der Waals surface area contributed by atoms with Gasteiger partial charge in [0, 0.05) is 38.7 Å². The van der Waals surface area contributed by atoms with E-state index in [-0.39, 0.29) is 23.6 Å². The average Bonchev–Trinajstić information content (AvgIpc) is 2.67. The summed E-state index contributed by atoms with van der Waals surface area (Å²) in [5.74, 6) is -0.180. The zero-order chi connectivity index (χ0) is 19.1. The Balaban J connectivity index is 2.15. The number of nitrogens with zero attached hydrogens (tertiary/aromatic N) is 2. The van der Waals surface area contributed by atoms with Crippen molar-refractivity contribution < 1.29 is 14.4 Å². The van der Waals surface area contributed by atoms with Crippen molar-refractivity contribution in [3.8, 4) is 0 Å². The molecule has 1 aromatic rings. The molecule has 1 saturated heterocycles. The summed E-state index contributed by atoms with van der Waals surface area (Å²) in [4.78, 5) is 40.8. The number of hydrogen-bond acceptors (Lipinski definition) is 3. The van der Waals surface area contributed by atoms with Gasteiger partial charge >= 0.3 is 0 Å². The molecule has 0 bridgehead atoms. The van der Waals surface area contributed by atoms with Crippen LogP contribution in [0.1, 0.15) is 44.0 Å². The van der Waals surface area contributed by atoms with Crippen LogP contribution in [0.2, 0.25) is 0 Å². The van der Waals surface area contributed by atoms with Crippen LogP contribution >= 0.6 is 0 Å². The van der Waals surface area contributed by atoms with E-state index >= 15 is 0 Å². The molecule has 0 spiro atoms. The molecule has 6 heteroatoms. The maximum atomic E-state index is 13.0. The van der Waals surface area contributed by atoms with Gasteiger partial charge in [-0.15, -0.1) is 0 Å². The van der Waals surface area contributed by atoms with Crippen LogP contribution in [0.3, 0.4) is 0 Å². The van der Waals surface area contributed by atoms with Gasteiger partial charge in [-0.1, -0.05) is 18.2 Å². The second-order valence-electron chi connectivity index (χ2n) is 6.67. The number of carbonyl (C=O) groups is 3. The zero-order valence-corrected chi connectivity index (χ0v) is 15.9. The molecule has 0 aliphatic carbocycles. The molecule has 1 aliphatic heterocycles. The predicted octanol–water partition coefficient (Wildman–Crippen LogP) is 1.91. The zero-order valence-electron chi connectivity index (χ0n) is 15.9. The van der Waals surface area contributed by atoms with Crippen LogP contribution in [-0.2, 0) is 9.59 Å². The maximum Gasteiger partial charge on any atom is 0.251 e. The first-order valence-electron chi connectivity index (χ1n) is 9.38. The second kappa shape index (κ2) is 9.36. The van der Waals surface area contributed by atoms with Gasteiger partial charge in [0.05, 0.1) is 0 Å². The molecule has 2 rings (SSSR count). The largest absolute Gasteiger partial charge is 0.343 e. The molecule has 1 heterocycles. The van der Waals surface area contributed by atoms with Crippen LogP contribution in [0.5, 0.6) is 0 Å². The summed E-state index contributed by atoms with van der Waals surface area (Å²) >= 11 is 0. The topological polar surface area (TPSA) is 69.7 Å². The van der Waals surface area contributed by atoms with E-state index in [2.05, 4.69) is 5.32 Å². The Hall–Kier alpha value is -2.37. The first-order chi connectivity index (χ1) is 12.5. The number of likely N-dealkylation sites (tertiary alicyclic amines) is 1. The van der Waals surface area contributed by atoms with Crippen molar-refractivity contribution in [3.05, 3.63) is 35.9 Å². The van der Waals surface area contributed by atoms with Crippen molar-refractivity contribution in [2.75, 3.05) is 26.2 Å². The van der Waals surface area contributed by atoms with Crippen molar-refractivity contribution in [2.45, 2.75) is 39.7 Å². The Morgan fingerprint density at radius 1 is 1.12 bits per heavy atom. The number of rotatable bonds is 6. The highest BCUT2D eigenvalue weighted by Gasteiger charge is 2.35. The molecule has 1 fully saturated rings. The lowest BCUT2D eigenvalue weighted by Crippen LogP contribution is -2.54. The summed E-state index contributed by atoms with van der Waals surface area (Å²) in [5.41, 5.74) is 0.547. The van der Waals surface area contributed by atoms with Crippen molar-refractivity contribution in [3.63, 3.8) is 0 Å². The lowest BCUT2D eigenvalue weighted by molar-refractivity contribution is -0.135. The summed E-state index contributed by atoms with van der Waals surface area (Å²) < 4.78 is 0. The number of piperidine rings is 1. The Bertz CT molecular complexity index is 620. The van der Waals surface area contributed by atoms with Crippen LogP contribution < -0.4 is 5.32 Å². The molecular formula is C20H29N3O3. The van der Waals surface area contributed by atoms with Crippen molar-refractivity contribution in [2.24, 2.45) is 5.92 Å². The van der Waals surface area contributed by atoms with Crippen LogP contribution in [0.15, 0.2) is 30.3 Å². The summed E-state index contributed by atoms with van der Waals surface area (Å²) in [6, 6.07) is 8.39. The Morgan fingerprint density at radius 3 is 2.19 bits per heavy atom. The third-order valence-corrected chi connectivity index (χ3v) is 5.12. The summed E-state index contributed by atoms with van der Waals surface area (Å²) in [5, 5.41) is 2.96. The van der Waals surface area contributed by atoms with E-state index in [1.165, 1.54) is 0 Å². The van der Waals surface area contributed by atoms with E-state index in [1.807, 2.05) is 32.0 Å². The van der Waals surface area contributed by atoms with Crippen LogP contribution in [0, 0.1) is 5.92 Å². The van der Waals surface area contributed by atoms with Crippen LogP contribution in [0.4, 0.5) is 0 Å². The molecule has 0 saturated carbocycles. The van der Waals surface area contributed by atoms with Crippen molar-refractivity contribution >= 4 is 17.7 Å². The lowest BCUT2D eigenvalue weighted by atomic mass is 9.88. The smallest absolute Gasteiger partial charge is 0.251 e. The first-order valence-corrected chi connectivity index (χ1v) is 9.38. The Morgan fingerprint density at radius 2 is 1.69 bits per heavy atom. The quantitative estimate of drug-likeness (QED) is 0.843. The third-order valence-electron chi connectivity index (χ3n) is 5.12. The monoisotopic (exact) mass is 359 g/mol. The number of nitrogens with one attached hydrogen (secondary N) is 1. The maximum absolute atomic E-state index is 13.0. The molecule has 0 radical (unpaired) electrons. The minimum Gasteiger partial charge on any atom is -0.343 e. The van der Waals surface area contributed by atoms with E-state index in [4.69, 9.17) is 0 Å². The van der Waals surface area contributed by atoms with E-state index in [1.54, 1.807) is 28.9 Å². The molecule has 26 heavy (non-hydrogen) atoms. The molecule has 0 unspecified atom stereocenters. The standard InChI is InChI=1S/C20H29N3O3/c1-4-22(5-2)20(26)18(16-11-13-23(14-12-16)15(3)24)21-19(25)17-9-7-6-8-10-17/h6-10,16,18H,4-5,11-14H2,1-3H3,(H,21,25)/t18-/m0/s1. The van der Waals surface area contributed by atoms with Gasteiger partial charge in [0.1, 0.15) is 6.04 Å². The van der Waals surface area contributed by atoms with E-state index in [0.29, 0.717) is 44.6 Å². The molecule has 3 amide bonds. The summed E-state index contributed by atoms with van der Waals surface area (Å²) in [7, 11) is 0. The summed E-state index contributed by atoms with van der Waals surface area (Å²) in [6.45, 7) is 7.92. The van der Waals surface area contributed by atoms with Gasteiger partial charge in [-0.3, -0.25) is 14.4 Å². The minimum absolute atomic E-state index is 0.0337. The molecule has 142 valence electrons. The van der Waals surface area contributed by atoms with Gasteiger partial charge in [-0.2, -0.15) is 0 Å². The fraction of sp³-hybridized carbons (Fsp3) is 0.550. The Labute approximate surface area is 155 Å². The third kappa shape index (κ3) is 4.84. The van der Waals surface area contributed by atoms with E-state index < -0.39 is 6.04 Å².